The smallest absolute Gasteiger partial charge is 0.342 e. The molecule has 0 radical (unpaired) electrons. The molecule has 2 aliphatic rings. The van der Waals surface area contributed by atoms with Gasteiger partial charge in [-0.2, -0.15) is 9.78 Å². The summed E-state index contributed by atoms with van der Waals surface area (Å²) in [4.78, 5) is 19.1. The minimum atomic E-state index is -1.10. The molecule has 1 fully saturated rings. The second-order valence-electron chi connectivity index (χ2n) is 11.7. The average molecular weight is 631 g/mol. The third kappa shape index (κ3) is 8.06. The van der Waals surface area contributed by atoms with Gasteiger partial charge in [-0.15, -0.1) is 0 Å². The van der Waals surface area contributed by atoms with Crippen LogP contribution in [0.2, 0.25) is 0 Å². The number of nitrogens with zero attached hydrogens (tertiary/aromatic N) is 4. The zero-order valence-corrected chi connectivity index (χ0v) is 28.6. The molecule has 1 atom stereocenters. The highest BCUT2D eigenvalue weighted by Gasteiger charge is 2.24. The van der Waals surface area contributed by atoms with E-state index in [4.69, 9.17) is 19.2 Å². The van der Waals surface area contributed by atoms with Crippen molar-refractivity contribution in [2.45, 2.75) is 93.4 Å². The number of allylic oxidation sites excluding steroid dienone is 3. The van der Waals surface area contributed by atoms with Crippen LogP contribution in [-0.2, 0) is 29.0 Å². The van der Waals surface area contributed by atoms with Gasteiger partial charge in [0.25, 0.3) is 0 Å². The number of rotatable bonds is 11. The van der Waals surface area contributed by atoms with Gasteiger partial charge in [-0.05, 0) is 100 Å². The van der Waals surface area contributed by atoms with Crippen molar-refractivity contribution in [2.24, 2.45) is 0 Å². The number of ether oxygens (including phenoxy) is 3. The number of hydrogen-bond acceptors (Lipinski definition) is 7. The molecule has 0 spiro atoms. The molecule has 1 N–H and O–H groups in total. The predicted molar refractivity (Wildman–Crippen MR) is 181 cm³/mol. The Balaban J connectivity index is 0.00000235. The predicted octanol–water partition coefficient (Wildman–Crippen LogP) is 7.54. The van der Waals surface area contributed by atoms with E-state index in [2.05, 4.69) is 29.1 Å². The maximum atomic E-state index is 11.7. The summed E-state index contributed by atoms with van der Waals surface area (Å²) in [5.74, 6) is 0.276. The highest BCUT2D eigenvalue weighted by molar-refractivity contribution is 5.90. The number of aromatic carboxylic acids is 1. The Bertz CT molecular complexity index is 1550. The van der Waals surface area contributed by atoms with Crippen LogP contribution < -0.4 is 4.74 Å². The molecule has 1 aromatic carbocycles. The highest BCUT2D eigenvalue weighted by Crippen LogP contribution is 2.31. The van der Waals surface area contributed by atoms with E-state index in [1.54, 1.807) is 13.0 Å². The topological polar surface area (TPSA) is 98.9 Å². The first-order valence-corrected chi connectivity index (χ1v) is 16.6. The first kappa shape index (κ1) is 34.9. The molecule has 2 aromatic heterocycles. The van der Waals surface area contributed by atoms with Gasteiger partial charge in [-0.25, -0.2) is 9.78 Å². The molecule has 0 unspecified atom stereocenters. The minimum Gasteiger partial charge on any atom is -0.488 e. The van der Waals surface area contributed by atoms with Crippen molar-refractivity contribution >= 4 is 11.5 Å². The molecule has 3 aromatic rings. The zero-order valence-electron chi connectivity index (χ0n) is 28.6. The Labute approximate surface area is 273 Å². The molecule has 0 aliphatic carbocycles. The van der Waals surface area contributed by atoms with Crippen molar-refractivity contribution < 1.29 is 24.1 Å². The summed E-state index contributed by atoms with van der Waals surface area (Å²) in [6, 6.07) is 10.0. The first-order valence-electron chi connectivity index (χ1n) is 16.6. The Kier molecular flexibility index (Phi) is 12.6. The lowest BCUT2D eigenvalue weighted by molar-refractivity contribution is -0.00803. The van der Waals surface area contributed by atoms with Crippen LogP contribution in [0.5, 0.6) is 5.88 Å². The standard InChI is InChI=1S/C35H44N4O5.C2H6/c1-6-28(31-12-10-13-32(37-31)39-34(42-7-2)30(19-36-39)35(40)41)33(23(3)4)44-22-26-15-14-25-20-38(17-16-29(25)24(26)5)21-27-11-8-9-18-43-27;1-2/h6,10,12-15,19,27H,7-9,11,16-18,20-22H2,1-5H3,(H,40,41);1-2H3/b28-6-;/t27-;/m0./s1. The number of carboxylic acids is 1. The third-order valence-corrected chi connectivity index (χ3v) is 8.44. The average Bonchev–Trinajstić information content (AvgIpc) is 3.49. The van der Waals surface area contributed by atoms with Gasteiger partial charge in [0.2, 0.25) is 5.88 Å². The molecule has 5 rings (SSSR count). The second-order valence-corrected chi connectivity index (χ2v) is 11.7. The van der Waals surface area contributed by atoms with Crippen molar-refractivity contribution in [1.29, 1.82) is 0 Å². The van der Waals surface area contributed by atoms with Gasteiger partial charge in [0.1, 0.15) is 17.9 Å². The fourth-order valence-electron chi connectivity index (χ4n) is 6.15. The minimum absolute atomic E-state index is 0.00926. The van der Waals surface area contributed by atoms with Gasteiger partial charge >= 0.3 is 5.97 Å². The largest absolute Gasteiger partial charge is 0.488 e. The van der Waals surface area contributed by atoms with E-state index in [1.165, 1.54) is 52.4 Å². The molecule has 0 amide bonds. The van der Waals surface area contributed by atoms with Crippen LogP contribution in [0.3, 0.4) is 0 Å². The Morgan fingerprint density at radius 1 is 1.17 bits per heavy atom. The van der Waals surface area contributed by atoms with E-state index < -0.39 is 5.97 Å². The second kappa shape index (κ2) is 16.6. The lowest BCUT2D eigenvalue weighted by Gasteiger charge is -2.34. The van der Waals surface area contributed by atoms with Crippen LogP contribution in [0.4, 0.5) is 0 Å². The molecular weight excluding hydrogens is 580 g/mol. The number of pyridine rings is 1. The highest BCUT2D eigenvalue weighted by atomic mass is 16.5. The van der Waals surface area contributed by atoms with E-state index >= 15 is 0 Å². The zero-order chi connectivity index (χ0) is 33.2. The molecule has 2 aliphatic heterocycles. The summed E-state index contributed by atoms with van der Waals surface area (Å²) >= 11 is 0. The molecule has 9 nitrogen and oxygen atoms in total. The van der Waals surface area contributed by atoms with Crippen LogP contribution in [0, 0.1) is 6.92 Å². The first-order chi connectivity index (χ1) is 22.3. The quantitative estimate of drug-likeness (QED) is 0.171. The van der Waals surface area contributed by atoms with Crippen molar-refractivity contribution in [3.05, 3.63) is 87.4 Å². The van der Waals surface area contributed by atoms with Gasteiger partial charge in [0.15, 0.2) is 5.82 Å². The van der Waals surface area contributed by atoms with Gasteiger partial charge in [-0.3, -0.25) is 4.90 Å². The normalized spacial score (nSPS) is 16.6. The fourth-order valence-corrected chi connectivity index (χ4v) is 6.15. The molecular formula is C37H50N4O5. The van der Waals surface area contributed by atoms with Crippen LogP contribution in [0.25, 0.3) is 11.4 Å². The molecule has 9 heteroatoms. The lowest BCUT2D eigenvalue weighted by atomic mass is 9.91. The SMILES string of the molecule is C/C=C(\C(OCc1ccc2c(c1C)CCN(C[C@@H]1CCCCO1)C2)=C(C)C)c1cccc(-n2ncc(C(=O)O)c2OCC)n1.CC. The van der Waals surface area contributed by atoms with Gasteiger partial charge in [-0.1, -0.05) is 38.1 Å². The summed E-state index contributed by atoms with van der Waals surface area (Å²) in [7, 11) is 0. The monoisotopic (exact) mass is 630 g/mol. The van der Waals surface area contributed by atoms with Crippen LogP contribution >= 0.6 is 0 Å². The summed E-state index contributed by atoms with van der Waals surface area (Å²) in [6.45, 7) is 18.7. The Morgan fingerprint density at radius 3 is 2.65 bits per heavy atom. The molecule has 248 valence electrons. The van der Waals surface area contributed by atoms with Crippen molar-refractivity contribution in [2.75, 3.05) is 26.3 Å². The van der Waals surface area contributed by atoms with Gasteiger partial charge in [0.05, 0.1) is 24.6 Å². The maximum absolute atomic E-state index is 11.7. The molecule has 0 saturated carbocycles. The number of benzene rings is 1. The van der Waals surface area contributed by atoms with Crippen molar-refractivity contribution in [3.8, 4) is 11.7 Å². The van der Waals surface area contributed by atoms with E-state index in [0.29, 0.717) is 30.8 Å². The number of hydrogen-bond donors (Lipinski definition) is 1. The van der Waals surface area contributed by atoms with Gasteiger partial charge < -0.3 is 19.3 Å². The van der Waals surface area contributed by atoms with Crippen LogP contribution in [0.1, 0.15) is 99.1 Å². The summed E-state index contributed by atoms with van der Waals surface area (Å²) in [5, 5.41) is 13.8. The number of aromatic nitrogens is 3. The van der Waals surface area contributed by atoms with E-state index in [-0.39, 0.29) is 11.4 Å². The fraction of sp³-hybridized carbons (Fsp3) is 0.486. The molecule has 1 saturated heterocycles. The van der Waals surface area contributed by atoms with Crippen molar-refractivity contribution in [1.82, 2.24) is 19.7 Å². The van der Waals surface area contributed by atoms with E-state index in [0.717, 1.165) is 49.6 Å². The summed E-state index contributed by atoms with van der Waals surface area (Å²) in [5.41, 5.74) is 7.91. The summed E-state index contributed by atoms with van der Waals surface area (Å²) < 4.78 is 19.6. The van der Waals surface area contributed by atoms with E-state index in [1.807, 2.05) is 52.8 Å². The molecule has 4 heterocycles. The Morgan fingerprint density at radius 2 is 1.98 bits per heavy atom. The number of carbonyl (C=O) groups is 1. The van der Waals surface area contributed by atoms with Crippen molar-refractivity contribution in [3.63, 3.8) is 0 Å². The maximum Gasteiger partial charge on any atom is 0.342 e. The Hall–Kier alpha value is -3.95. The number of carboxylic acid groups (broad SMARTS) is 1. The number of fused-ring (bicyclic) bond motifs is 1. The third-order valence-electron chi connectivity index (χ3n) is 8.44. The summed E-state index contributed by atoms with van der Waals surface area (Å²) in [6.07, 6.45) is 8.31. The molecule has 0 bridgehead atoms. The van der Waals surface area contributed by atoms with Gasteiger partial charge in [0, 0.05) is 31.8 Å². The van der Waals surface area contributed by atoms with Crippen LogP contribution in [0.15, 0.2) is 53.9 Å². The van der Waals surface area contributed by atoms with E-state index in [9.17, 15) is 9.90 Å². The van der Waals surface area contributed by atoms with Crippen LogP contribution in [-0.4, -0.2) is 63.1 Å². The lowest BCUT2D eigenvalue weighted by Crippen LogP contribution is -2.39. The molecule has 46 heavy (non-hydrogen) atoms.